The van der Waals surface area contributed by atoms with E-state index >= 15 is 0 Å². The van der Waals surface area contributed by atoms with Crippen LogP contribution < -0.4 is 4.74 Å². The predicted octanol–water partition coefficient (Wildman–Crippen LogP) is 5.64. The minimum absolute atomic E-state index is 0.108. The highest BCUT2D eigenvalue weighted by atomic mass is 16.5. The normalized spacial score (nSPS) is 25.4. The van der Waals surface area contributed by atoms with Gasteiger partial charge in [-0.25, -0.2) is 4.98 Å². The number of rotatable bonds is 2. The summed E-state index contributed by atoms with van der Waals surface area (Å²) in [4.78, 5) is 21.5. The first-order chi connectivity index (χ1) is 20.6. The Morgan fingerprint density at radius 3 is 2.90 bits per heavy atom. The zero-order chi connectivity index (χ0) is 27.7. The minimum Gasteiger partial charge on any atom is -0.494 e. The van der Waals surface area contributed by atoms with Crippen LogP contribution in [-0.2, 0) is 19.6 Å². The summed E-state index contributed by atoms with van der Waals surface area (Å²) >= 11 is 0. The number of benzene rings is 2. The number of aryl methyl sites for hydroxylation is 2. The number of methoxy groups -OCH3 is 1. The SMILES string of the molecule is COc1cc(C(=O)N2CC3C4=C5CC2CC543)cc2nc3n(c12)Cc1cnn(c1)CCCCCn1c-3cc2ccccc21. The molecule has 3 fully saturated rings. The molecule has 1 spiro atoms. The number of fused-ring (bicyclic) bond motifs is 11. The number of hydrogen-bond acceptors (Lipinski definition) is 4. The smallest absolute Gasteiger partial charge is 0.254 e. The number of carbonyl (C=O) groups is 1. The summed E-state index contributed by atoms with van der Waals surface area (Å²) in [6, 6.07) is 15.1. The van der Waals surface area contributed by atoms with Crippen molar-refractivity contribution in [2.24, 2.45) is 11.3 Å². The Kier molecular flexibility index (Phi) is 4.39. The second-order valence-electron chi connectivity index (χ2n) is 12.9. The summed E-state index contributed by atoms with van der Waals surface area (Å²) in [5, 5.41) is 5.87. The third kappa shape index (κ3) is 2.94. The summed E-state index contributed by atoms with van der Waals surface area (Å²) in [7, 11) is 1.70. The van der Waals surface area contributed by atoms with Gasteiger partial charge in [0.25, 0.3) is 5.91 Å². The fourth-order valence-electron chi connectivity index (χ4n) is 8.79. The number of nitrogens with zero attached hydrogens (tertiary/aromatic N) is 6. The van der Waals surface area contributed by atoms with Gasteiger partial charge in [0.05, 0.1) is 31.1 Å². The van der Waals surface area contributed by atoms with E-state index in [1.807, 2.05) is 18.3 Å². The lowest BCUT2D eigenvalue weighted by molar-refractivity contribution is 0.0623. The van der Waals surface area contributed by atoms with Crippen LogP contribution in [0.3, 0.4) is 0 Å². The fraction of sp³-hybridized carbons (Fsp3) is 0.382. The van der Waals surface area contributed by atoms with Crippen molar-refractivity contribution in [1.29, 1.82) is 0 Å². The molecule has 2 aliphatic heterocycles. The highest BCUT2D eigenvalue weighted by molar-refractivity contribution is 6.01. The van der Waals surface area contributed by atoms with Crippen LogP contribution >= 0.6 is 0 Å². The van der Waals surface area contributed by atoms with Crippen molar-refractivity contribution in [2.75, 3.05) is 13.7 Å². The van der Waals surface area contributed by atoms with Crippen LogP contribution in [0.15, 0.2) is 66.0 Å². The minimum atomic E-state index is 0.108. The molecule has 5 aromatic rings. The van der Waals surface area contributed by atoms with Gasteiger partial charge in [0, 0.05) is 65.2 Å². The van der Waals surface area contributed by atoms with Crippen molar-refractivity contribution >= 4 is 27.8 Å². The number of piperidine rings is 1. The topological polar surface area (TPSA) is 70.1 Å². The van der Waals surface area contributed by atoms with Gasteiger partial charge in [-0.2, -0.15) is 5.10 Å². The van der Waals surface area contributed by atoms with E-state index in [4.69, 9.17) is 9.72 Å². The molecule has 5 heterocycles. The van der Waals surface area contributed by atoms with E-state index in [2.05, 4.69) is 60.3 Å². The van der Waals surface area contributed by atoms with Gasteiger partial charge in [0.1, 0.15) is 11.3 Å². The molecule has 3 unspecified atom stereocenters. The quantitative estimate of drug-likeness (QED) is 0.264. The van der Waals surface area contributed by atoms with Crippen molar-refractivity contribution in [2.45, 2.75) is 57.8 Å². The number of ether oxygens (including phenoxy) is 1. The Balaban J connectivity index is 1.15. The molecule has 8 heteroatoms. The number of hydrogen-bond donors (Lipinski definition) is 0. The molecule has 1 amide bonds. The summed E-state index contributed by atoms with van der Waals surface area (Å²) < 4.78 is 12.8. The highest BCUT2D eigenvalue weighted by Crippen LogP contribution is 2.87. The van der Waals surface area contributed by atoms with Gasteiger partial charge in [-0.1, -0.05) is 29.3 Å². The highest BCUT2D eigenvalue weighted by Gasteiger charge is 2.81. The molecule has 3 aromatic heterocycles. The van der Waals surface area contributed by atoms with Crippen LogP contribution in [-0.4, -0.2) is 54.4 Å². The van der Waals surface area contributed by atoms with Gasteiger partial charge in [0.15, 0.2) is 5.82 Å². The summed E-state index contributed by atoms with van der Waals surface area (Å²) in [5.74, 6) is 2.31. The second kappa shape index (κ2) is 7.94. The van der Waals surface area contributed by atoms with Gasteiger partial charge in [-0.3, -0.25) is 9.48 Å². The molecule has 1 saturated heterocycles. The number of carbonyl (C=O) groups excluding carboxylic acids is 1. The van der Waals surface area contributed by atoms with Crippen molar-refractivity contribution in [1.82, 2.24) is 28.8 Å². The number of aromatic nitrogens is 5. The van der Waals surface area contributed by atoms with E-state index in [0.29, 0.717) is 35.2 Å². The molecule has 210 valence electrons. The Bertz CT molecular complexity index is 2020. The molecule has 3 aliphatic carbocycles. The Labute approximate surface area is 243 Å². The largest absolute Gasteiger partial charge is 0.494 e. The maximum Gasteiger partial charge on any atom is 0.254 e. The average Bonchev–Trinajstić information content (AvgIpc) is 3.47. The van der Waals surface area contributed by atoms with Crippen LogP contribution in [0.25, 0.3) is 33.5 Å². The zero-order valence-electron chi connectivity index (χ0n) is 23.7. The molecule has 4 bridgehead atoms. The summed E-state index contributed by atoms with van der Waals surface area (Å²) in [6.45, 7) is 3.33. The summed E-state index contributed by atoms with van der Waals surface area (Å²) in [5.41, 5.74) is 9.66. The van der Waals surface area contributed by atoms with Gasteiger partial charge in [-0.15, -0.1) is 0 Å². The van der Waals surface area contributed by atoms with Gasteiger partial charge in [0.2, 0.25) is 0 Å². The Morgan fingerprint density at radius 2 is 1.98 bits per heavy atom. The Morgan fingerprint density at radius 1 is 1.07 bits per heavy atom. The number of imidazole rings is 1. The van der Waals surface area contributed by atoms with Gasteiger partial charge in [-0.05, 0) is 56.4 Å². The first-order valence-corrected chi connectivity index (χ1v) is 15.4. The average molecular weight is 557 g/mol. The molecule has 0 radical (unpaired) electrons. The molecule has 2 aromatic carbocycles. The molecule has 10 rings (SSSR count). The molecule has 5 aliphatic rings. The third-order valence-corrected chi connectivity index (χ3v) is 10.8. The van der Waals surface area contributed by atoms with Crippen molar-refractivity contribution in [3.8, 4) is 17.3 Å². The van der Waals surface area contributed by atoms with Crippen molar-refractivity contribution < 1.29 is 9.53 Å². The number of para-hydroxylation sites is 1. The first kappa shape index (κ1) is 23.3. The van der Waals surface area contributed by atoms with E-state index < -0.39 is 0 Å². The number of amides is 1. The predicted molar refractivity (Wildman–Crippen MR) is 159 cm³/mol. The van der Waals surface area contributed by atoms with E-state index in [0.717, 1.165) is 79.9 Å². The molecule has 42 heavy (non-hydrogen) atoms. The van der Waals surface area contributed by atoms with Crippen LogP contribution in [0, 0.1) is 11.3 Å². The van der Waals surface area contributed by atoms with Crippen LogP contribution in [0.2, 0.25) is 0 Å². The van der Waals surface area contributed by atoms with Crippen LogP contribution in [0.5, 0.6) is 5.75 Å². The van der Waals surface area contributed by atoms with Crippen LogP contribution in [0.4, 0.5) is 0 Å². The van der Waals surface area contributed by atoms with E-state index in [1.165, 1.54) is 10.9 Å². The molecular weight excluding hydrogens is 524 g/mol. The standard InChI is InChI=1S/C34H32N6O2/c1-42-29-13-22(33(41)39-19-25-30-24-14-23(39)15-34(24,25)30)11-26-31(29)40-18-20-16-35-37(17-20)9-5-2-6-10-38-27-8-4-3-7-21(27)12-28(38)32(40)36-26/h3-4,7-8,11-13,16-17,23,25H,2,5-6,9-10,14-15,18-19H2,1H3. The first-order valence-electron chi connectivity index (χ1n) is 15.4. The molecule has 0 N–H and O–H groups in total. The van der Waals surface area contributed by atoms with Gasteiger partial charge >= 0.3 is 0 Å². The lowest BCUT2D eigenvalue weighted by atomic mass is 9.98. The lowest BCUT2D eigenvalue weighted by Gasteiger charge is -2.32. The summed E-state index contributed by atoms with van der Waals surface area (Å²) in [6.07, 6.45) is 9.66. The molecule has 3 atom stereocenters. The Hall–Kier alpha value is -4.33. The van der Waals surface area contributed by atoms with E-state index in [1.54, 1.807) is 18.3 Å². The fourth-order valence-corrected chi connectivity index (χ4v) is 8.79. The second-order valence-corrected chi connectivity index (χ2v) is 12.9. The molecular formula is C34H32N6O2. The van der Waals surface area contributed by atoms with Gasteiger partial charge < -0.3 is 18.8 Å². The number of likely N-dealkylation sites (tertiary alicyclic amines) is 1. The van der Waals surface area contributed by atoms with E-state index in [9.17, 15) is 4.79 Å². The monoisotopic (exact) mass is 556 g/mol. The van der Waals surface area contributed by atoms with Crippen molar-refractivity contribution in [3.05, 3.63) is 77.1 Å². The molecule has 2 saturated carbocycles. The maximum atomic E-state index is 14.0. The van der Waals surface area contributed by atoms with Crippen molar-refractivity contribution in [3.63, 3.8) is 0 Å². The lowest BCUT2D eigenvalue weighted by Crippen LogP contribution is -2.43. The zero-order valence-corrected chi connectivity index (χ0v) is 23.7. The molecule has 8 nitrogen and oxygen atoms in total. The maximum absolute atomic E-state index is 14.0. The third-order valence-electron chi connectivity index (χ3n) is 10.8. The van der Waals surface area contributed by atoms with Crippen LogP contribution in [0.1, 0.15) is 48.0 Å². The van der Waals surface area contributed by atoms with E-state index in [-0.39, 0.29) is 5.91 Å².